The molecule has 2 aromatic carbocycles. The maximum absolute atomic E-state index is 13.8. The number of ether oxygens (including phenoxy) is 1. The van der Waals surface area contributed by atoms with E-state index in [0.29, 0.717) is 36.8 Å². The van der Waals surface area contributed by atoms with Gasteiger partial charge < -0.3 is 14.5 Å². The molecule has 0 saturated carbocycles. The van der Waals surface area contributed by atoms with Crippen LogP contribution in [0.5, 0.6) is 5.75 Å². The minimum absolute atomic E-state index is 0.118. The first-order chi connectivity index (χ1) is 15.7. The van der Waals surface area contributed by atoms with Gasteiger partial charge in [0.05, 0.1) is 11.8 Å². The molecule has 0 aliphatic carbocycles. The highest BCUT2D eigenvalue weighted by Crippen LogP contribution is 2.23. The molecule has 0 unspecified atom stereocenters. The average molecular weight is 431 g/mol. The molecule has 7 heteroatoms. The van der Waals surface area contributed by atoms with Crippen LogP contribution in [0.25, 0.3) is 11.3 Å². The Bertz CT molecular complexity index is 1160. The van der Waals surface area contributed by atoms with Crippen LogP contribution in [0.1, 0.15) is 23.4 Å². The minimum atomic E-state index is -0.374. The zero-order valence-corrected chi connectivity index (χ0v) is 17.3. The van der Waals surface area contributed by atoms with E-state index in [1.54, 1.807) is 30.6 Å². The topological polar surface area (TPSA) is 77.2 Å². The largest absolute Gasteiger partial charge is 0.489 e. The first-order valence-corrected chi connectivity index (χ1v) is 10.2. The number of halogens is 1. The predicted molar refractivity (Wildman–Crippen MR) is 117 cm³/mol. The Balaban J connectivity index is 1.21. The van der Waals surface area contributed by atoms with Crippen LogP contribution in [0.2, 0.25) is 0 Å². The fourth-order valence-corrected chi connectivity index (χ4v) is 3.07. The summed E-state index contributed by atoms with van der Waals surface area (Å²) in [6, 6.07) is 17.7. The zero-order valence-electron chi connectivity index (χ0n) is 17.3. The molecule has 0 radical (unpaired) electrons. The second kappa shape index (κ2) is 10.3. The molecule has 162 valence electrons. The SMILES string of the molecule is O=C(CCc1ncc(-c2ccccc2F)o1)NCc1ccc(OCc2cccnc2)cc1. The molecule has 32 heavy (non-hydrogen) atoms. The van der Waals surface area contributed by atoms with Gasteiger partial charge in [0.25, 0.3) is 0 Å². The summed E-state index contributed by atoms with van der Waals surface area (Å²) in [5, 5.41) is 2.88. The lowest BCUT2D eigenvalue weighted by molar-refractivity contribution is -0.121. The van der Waals surface area contributed by atoms with Crippen molar-refractivity contribution in [2.24, 2.45) is 0 Å². The van der Waals surface area contributed by atoms with Gasteiger partial charge in [-0.05, 0) is 35.9 Å². The number of oxazole rings is 1. The van der Waals surface area contributed by atoms with Gasteiger partial charge in [-0.1, -0.05) is 30.3 Å². The number of aromatic nitrogens is 2. The summed E-state index contributed by atoms with van der Waals surface area (Å²) in [5.41, 5.74) is 2.31. The van der Waals surface area contributed by atoms with Gasteiger partial charge in [0.2, 0.25) is 5.91 Å². The maximum Gasteiger partial charge on any atom is 0.220 e. The Hall–Kier alpha value is -4.00. The smallest absolute Gasteiger partial charge is 0.220 e. The van der Waals surface area contributed by atoms with E-state index in [1.165, 1.54) is 12.3 Å². The summed E-state index contributed by atoms with van der Waals surface area (Å²) in [7, 11) is 0. The Kier molecular flexibility index (Phi) is 6.87. The summed E-state index contributed by atoms with van der Waals surface area (Å²) < 4.78 is 25.2. The van der Waals surface area contributed by atoms with Crippen molar-refractivity contribution in [3.8, 4) is 17.1 Å². The minimum Gasteiger partial charge on any atom is -0.489 e. The molecule has 1 amide bonds. The van der Waals surface area contributed by atoms with Crippen LogP contribution in [-0.2, 0) is 24.4 Å². The molecule has 0 atom stereocenters. The lowest BCUT2D eigenvalue weighted by atomic mass is 10.2. The number of nitrogens with one attached hydrogen (secondary N) is 1. The first kappa shape index (κ1) is 21.2. The van der Waals surface area contributed by atoms with Crippen LogP contribution in [0, 0.1) is 5.82 Å². The van der Waals surface area contributed by atoms with Crippen LogP contribution in [-0.4, -0.2) is 15.9 Å². The monoisotopic (exact) mass is 431 g/mol. The number of hydrogen-bond donors (Lipinski definition) is 1. The van der Waals surface area contributed by atoms with Crippen molar-refractivity contribution in [1.82, 2.24) is 15.3 Å². The van der Waals surface area contributed by atoms with Gasteiger partial charge in [-0.25, -0.2) is 9.37 Å². The molecule has 6 nitrogen and oxygen atoms in total. The maximum atomic E-state index is 13.8. The number of benzene rings is 2. The first-order valence-electron chi connectivity index (χ1n) is 10.2. The summed E-state index contributed by atoms with van der Waals surface area (Å²) in [6.45, 7) is 0.858. The molecule has 4 rings (SSSR count). The molecular formula is C25H22FN3O3. The molecule has 2 aromatic heterocycles. The summed E-state index contributed by atoms with van der Waals surface area (Å²) in [6.07, 6.45) is 5.53. The van der Waals surface area contributed by atoms with Crippen molar-refractivity contribution in [3.63, 3.8) is 0 Å². The molecule has 0 aliphatic heterocycles. The van der Waals surface area contributed by atoms with Crippen molar-refractivity contribution in [3.05, 3.63) is 102 Å². The van der Waals surface area contributed by atoms with Crippen molar-refractivity contribution in [2.45, 2.75) is 26.0 Å². The molecule has 4 aromatic rings. The molecule has 0 saturated heterocycles. The van der Waals surface area contributed by atoms with Crippen molar-refractivity contribution in [1.29, 1.82) is 0 Å². The fraction of sp³-hybridized carbons (Fsp3) is 0.160. The highest BCUT2D eigenvalue weighted by Gasteiger charge is 2.11. The zero-order chi connectivity index (χ0) is 22.2. The van der Waals surface area contributed by atoms with Gasteiger partial charge in [-0.2, -0.15) is 0 Å². The van der Waals surface area contributed by atoms with Crippen LogP contribution in [0.15, 0.2) is 83.7 Å². The predicted octanol–water partition coefficient (Wildman–Crippen LogP) is 4.70. The van der Waals surface area contributed by atoms with Gasteiger partial charge in [-0.3, -0.25) is 9.78 Å². The van der Waals surface area contributed by atoms with Gasteiger partial charge in [0, 0.05) is 37.3 Å². The summed E-state index contributed by atoms with van der Waals surface area (Å²) >= 11 is 0. The number of rotatable bonds is 9. The standard InChI is InChI=1S/C25H22FN3O3/c26-22-6-2-1-5-21(22)23-16-29-25(32-23)12-11-24(30)28-15-18-7-9-20(10-8-18)31-17-19-4-3-13-27-14-19/h1-10,13-14,16H,11-12,15,17H2,(H,28,30). The van der Waals surface area contributed by atoms with E-state index in [-0.39, 0.29) is 18.1 Å². The van der Waals surface area contributed by atoms with Crippen molar-refractivity contribution >= 4 is 5.91 Å². The molecule has 1 N–H and O–H groups in total. The number of hydrogen-bond acceptors (Lipinski definition) is 5. The van der Waals surface area contributed by atoms with E-state index in [2.05, 4.69) is 15.3 Å². The number of carbonyl (C=O) groups is 1. The van der Waals surface area contributed by atoms with E-state index in [4.69, 9.17) is 9.15 Å². The number of amides is 1. The van der Waals surface area contributed by atoms with Gasteiger partial charge in [-0.15, -0.1) is 0 Å². The third-order valence-corrected chi connectivity index (χ3v) is 4.80. The van der Waals surface area contributed by atoms with Crippen LogP contribution < -0.4 is 10.1 Å². The quantitative estimate of drug-likeness (QED) is 0.416. The summed E-state index contributed by atoms with van der Waals surface area (Å²) in [4.78, 5) is 20.4. The van der Waals surface area contributed by atoms with Gasteiger partial charge >= 0.3 is 0 Å². The second-order valence-electron chi connectivity index (χ2n) is 7.17. The van der Waals surface area contributed by atoms with Gasteiger partial charge in [0.1, 0.15) is 18.2 Å². The second-order valence-corrected chi connectivity index (χ2v) is 7.17. The lowest BCUT2D eigenvalue weighted by Crippen LogP contribution is -2.23. The van der Waals surface area contributed by atoms with Crippen LogP contribution in [0.3, 0.4) is 0 Å². The molecule has 2 heterocycles. The lowest BCUT2D eigenvalue weighted by Gasteiger charge is -2.08. The third kappa shape index (κ3) is 5.78. The van der Waals surface area contributed by atoms with Crippen molar-refractivity contribution < 1.29 is 18.3 Å². The number of carbonyl (C=O) groups excluding carboxylic acids is 1. The van der Waals surface area contributed by atoms with Crippen LogP contribution >= 0.6 is 0 Å². The number of pyridine rings is 1. The third-order valence-electron chi connectivity index (χ3n) is 4.80. The highest BCUT2D eigenvalue weighted by molar-refractivity contribution is 5.76. The van der Waals surface area contributed by atoms with E-state index < -0.39 is 0 Å². The van der Waals surface area contributed by atoms with Crippen LogP contribution in [0.4, 0.5) is 4.39 Å². The molecule has 0 aliphatic rings. The molecule has 0 bridgehead atoms. The number of aryl methyl sites for hydroxylation is 1. The number of nitrogens with zero attached hydrogens (tertiary/aromatic N) is 2. The average Bonchev–Trinajstić information content (AvgIpc) is 3.30. The van der Waals surface area contributed by atoms with E-state index in [1.807, 2.05) is 36.4 Å². The summed E-state index contributed by atoms with van der Waals surface area (Å²) in [5.74, 6) is 1.00. The Morgan fingerprint density at radius 1 is 1.00 bits per heavy atom. The Labute approximate surface area is 185 Å². The molecule has 0 fully saturated rings. The van der Waals surface area contributed by atoms with E-state index >= 15 is 0 Å². The highest BCUT2D eigenvalue weighted by atomic mass is 19.1. The normalized spacial score (nSPS) is 10.7. The molecular weight excluding hydrogens is 409 g/mol. The van der Waals surface area contributed by atoms with Crippen molar-refractivity contribution in [2.75, 3.05) is 0 Å². The molecule has 0 spiro atoms. The Morgan fingerprint density at radius 2 is 1.84 bits per heavy atom. The van der Waals surface area contributed by atoms with Gasteiger partial charge in [0.15, 0.2) is 11.7 Å². The van der Waals surface area contributed by atoms with E-state index in [9.17, 15) is 9.18 Å². The Morgan fingerprint density at radius 3 is 2.62 bits per heavy atom. The van der Waals surface area contributed by atoms with E-state index in [0.717, 1.165) is 16.9 Å². The fourth-order valence-electron chi connectivity index (χ4n) is 3.07.